The number of nitrogens with zero attached hydrogens (tertiary/aromatic N) is 1. The van der Waals surface area contributed by atoms with Gasteiger partial charge in [-0.15, -0.1) is 11.8 Å². The quantitative estimate of drug-likeness (QED) is 0.295. The molecule has 10 heteroatoms. The van der Waals surface area contributed by atoms with Crippen LogP contribution in [0.5, 0.6) is 11.5 Å². The molecule has 2 fully saturated rings. The molecule has 218 valence electrons. The van der Waals surface area contributed by atoms with Crippen molar-refractivity contribution in [3.8, 4) is 11.5 Å². The number of amides is 1. The van der Waals surface area contributed by atoms with Crippen LogP contribution in [0, 0.1) is 19.8 Å². The number of benzene rings is 1. The van der Waals surface area contributed by atoms with E-state index in [0.29, 0.717) is 39.3 Å². The Morgan fingerprint density at radius 3 is 2.45 bits per heavy atom. The Labute approximate surface area is 247 Å². The summed E-state index contributed by atoms with van der Waals surface area (Å²) in [6.07, 6.45) is 6.31. The Balaban J connectivity index is 1.26. The zero-order chi connectivity index (χ0) is 28.8. The molecular weight excluding hydrogens is 562 g/mol. The van der Waals surface area contributed by atoms with Crippen LogP contribution in [-0.4, -0.2) is 55.0 Å². The number of hydrogen-bond donors (Lipinski definition) is 2. The standard InChI is InChI=1S/C30H42ClN3O4SSi/c1-18-15-25(39-4)23(29(36)33-18)17-32-28(35)22-16-24(31)27-26(19(22)2)37-30(3,38-27)20-7-9-21(10-8-20)34-11-13-40(5,6)14-12-34/h15-16,20-21H,7-14,17H2,1-6H3,(H,32,35)(H,33,36)/t20?,21?,30-/m0/s1. The van der Waals surface area contributed by atoms with Crippen LogP contribution in [0.4, 0.5) is 0 Å². The topological polar surface area (TPSA) is 83.7 Å². The summed E-state index contributed by atoms with van der Waals surface area (Å²) in [7, 11) is -0.973. The SMILES string of the molecule is CSc1cc(C)[nH]c(=O)c1CNC(=O)c1cc(Cl)c2c(c1C)O[C@](C)(C1CCC(N3CC[Si](C)(C)CC3)CC1)O2. The molecule has 1 aliphatic carbocycles. The first-order valence-electron chi connectivity index (χ1n) is 14.4. The van der Waals surface area contributed by atoms with Crippen molar-refractivity contribution in [2.75, 3.05) is 19.3 Å². The van der Waals surface area contributed by atoms with E-state index in [4.69, 9.17) is 21.1 Å². The fourth-order valence-corrected chi connectivity index (χ4v) is 9.48. The third-order valence-electron chi connectivity index (χ3n) is 9.27. The van der Waals surface area contributed by atoms with E-state index in [1.165, 1.54) is 36.9 Å². The van der Waals surface area contributed by atoms with Crippen molar-refractivity contribution in [2.45, 2.75) is 94.9 Å². The van der Waals surface area contributed by atoms with Crippen molar-refractivity contribution in [3.63, 3.8) is 0 Å². The number of aromatic nitrogens is 1. The normalized spacial score (nSPS) is 26.1. The molecule has 3 heterocycles. The summed E-state index contributed by atoms with van der Waals surface area (Å²) in [6.45, 7) is 13.4. The molecule has 0 spiro atoms. The molecule has 0 radical (unpaired) electrons. The number of ether oxygens (including phenoxy) is 2. The summed E-state index contributed by atoms with van der Waals surface area (Å²) in [5.41, 5.74) is 2.25. The lowest BCUT2D eigenvalue weighted by Crippen LogP contribution is -2.50. The number of halogens is 1. The maximum absolute atomic E-state index is 13.3. The number of fused-ring (bicyclic) bond motifs is 1. The van der Waals surface area contributed by atoms with Gasteiger partial charge in [-0.3, -0.25) is 9.59 Å². The van der Waals surface area contributed by atoms with Crippen LogP contribution < -0.4 is 20.3 Å². The summed E-state index contributed by atoms with van der Waals surface area (Å²) >= 11 is 8.15. The minimum absolute atomic E-state index is 0.119. The van der Waals surface area contributed by atoms with E-state index in [1.54, 1.807) is 6.07 Å². The molecule has 1 amide bonds. The predicted molar refractivity (Wildman–Crippen MR) is 165 cm³/mol. The number of carbonyl (C=O) groups is 1. The molecular formula is C30H42ClN3O4SSi. The highest BCUT2D eigenvalue weighted by Crippen LogP contribution is 2.52. The van der Waals surface area contributed by atoms with Crippen molar-refractivity contribution in [3.05, 3.63) is 49.9 Å². The zero-order valence-corrected chi connectivity index (χ0v) is 27.1. The van der Waals surface area contributed by atoms with Crippen molar-refractivity contribution < 1.29 is 14.3 Å². The molecule has 7 nitrogen and oxygen atoms in total. The first-order chi connectivity index (χ1) is 18.9. The minimum atomic E-state index is -0.973. The summed E-state index contributed by atoms with van der Waals surface area (Å²) in [6, 6.07) is 7.02. The van der Waals surface area contributed by atoms with Crippen LogP contribution in [0.15, 0.2) is 21.8 Å². The molecule has 1 saturated heterocycles. The largest absolute Gasteiger partial charge is 0.448 e. The molecule has 40 heavy (non-hydrogen) atoms. The van der Waals surface area contributed by atoms with Crippen LogP contribution in [0.2, 0.25) is 30.2 Å². The number of hydrogen-bond acceptors (Lipinski definition) is 6. The van der Waals surface area contributed by atoms with Crippen molar-refractivity contribution >= 4 is 37.3 Å². The highest BCUT2D eigenvalue weighted by atomic mass is 35.5. The van der Waals surface area contributed by atoms with E-state index in [-0.39, 0.29) is 23.9 Å². The van der Waals surface area contributed by atoms with Crippen LogP contribution in [-0.2, 0) is 6.54 Å². The van der Waals surface area contributed by atoms with Crippen molar-refractivity contribution in [2.24, 2.45) is 5.92 Å². The van der Waals surface area contributed by atoms with Crippen LogP contribution in [0.1, 0.15) is 59.8 Å². The summed E-state index contributed by atoms with van der Waals surface area (Å²) in [5, 5.41) is 3.27. The summed E-state index contributed by atoms with van der Waals surface area (Å²) in [4.78, 5) is 32.2. The molecule has 3 aliphatic rings. The first-order valence-corrected chi connectivity index (χ1v) is 19.4. The number of H-pyrrole nitrogens is 1. The molecule has 1 aromatic heterocycles. The molecule has 1 atom stereocenters. The van der Waals surface area contributed by atoms with E-state index < -0.39 is 13.9 Å². The average Bonchev–Trinajstić information content (AvgIpc) is 3.29. The van der Waals surface area contributed by atoms with Crippen LogP contribution in [0.25, 0.3) is 0 Å². The van der Waals surface area contributed by atoms with E-state index in [1.807, 2.05) is 33.1 Å². The third-order valence-corrected chi connectivity index (χ3v) is 13.5. The van der Waals surface area contributed by atoms with E-state index in [9.17, 15) is 9.59 Å². The fraction of sp³-hybridized carbons (Fsp3) is 0.600. The highest BCUT2D eigenvalue weighted by molar-refractivity contribution is 7.98. The van der Waals surface area contributed by atoms with Gasteiger partial charge in [0.1, 0.15) is 0 Å². The number of aryl methyl sites for hydroxylation is 1. The molecule has 5 rings (SSSR count). The van der Waals surface area contributed by atoms with E-state index in [2.05, 4.69) is 28.3 Å². The second-order valence-electron chi connectivity index (χ2n) is 12.6. The van der Waals surface area contributed by atoms with Gasteiger partial charge in [-0.1, -0.05) is 24.7 Å². The Bertz CT molecular complexity index is 1350. The molecule has 0 unspecified atom stereocenters. The maximum Gasteiger partial charge on any atom is 0.254 e. The predicted octanol–water partition coefficient (Wildman–Crippen LogP) is 6.37. The monoisotopic (exact) mass is 603 g/mol. The number of pyridine rings is 1. The smallest absolute Gasteiger partial charge is 0.254 e. The zero-order valence-electron chi connectivity index (χ0n) is 24.5. The molecule has 2 N–H and O–H groups in total. The molecule has 1 aromatic carbocycles. The number of carbonyl (C=O) groups excluding carboxylic acids is 1. The van der Waals surface area contributed by atoms with Gasteiger partial charge in [0.2, 0.25) is 0 Å². The lowest BCUT2D eigenvalue weighted by Gasteiger charge is -2.44. The molecule has 2 aromatic rings. The van der Waals surface area contributed by atoms with Gasteiger partial charge in [-0.05, 0) is 83.1 Å². The van der Waals surface area contributed by atoms with Crippen LogP contribution in [0.3, 0.4) is 0 Å². The second-order valence-corrected chi connectivity index (χ2v) is 19.2. The fourth-order valence-electron chi connectivity index (χ4n) is 6.51. The van der Waals surface area contributed by atoms with Gasteiger partial charge in [-0.25, -0.2) is 0 Å². The first kappa shape index (κ1) is 29.5. The second kappa shape index (κ2) is 11.4. The van der Waals surface area contributed by atoms with Gasteiger partial charge in [0.15, 0.2) is 11.5 Å². The van der Waals surface area contributed by atoms with E-state index >= 15 is 0 Å². The Hall–Kier alpha value is -1.94. The highest BCUT2D eigenvalue weighted by Gasteiger charge is 2.48. The van der Waals surface area contributed by atoms with Gasteiger partial charge in [0, 0.05) is 60.8 Å². The van der Waals surface area contributed by atoms with Gasteiger partial charge < -0.3 is 24.7 Å². The number of thioether (sulfide) groups is 1. The Morgan fingerprint density at radius 1 is 1.15 bits per heavy atom. The van der Waals surface area contributed by atoms with Crippen molar-refractivity contribution in [1.29, 1.82) is 0 Å². The van der Waals surface area contributed by atoms with E-state index in [0.717, 1.165) is 36.3 Å². The summed E-state index contributed by atoms with van der Waals surface area (Å²) in [5.74, 6) is 0.194. The van der Waals surface area contributed by atoms with Gasteiger partial charge in [0.25, 0.3) is 17.3 Å². The minimum Gasteiger partial charge on any atom is -0.448 e. The number of nitrogens with one attached hydrogen (secondary N) is 2. The average molecular weight is 604 g/mol. The Kier molecular flexibility index (Phi) is 8.41. The maximum atomic E-state index is 13.3. The lowest BCUT2D eigenvalue weighted by atomic mass is 9.80. The van der Waals surface area contributed by atoms with Crippen LogP contribution >= 0.6 is 23.4 Å². The number of rotatable bonds is 6. The number of aromatic amines is 1. The van der Waals surface area contributed by atoms with Gasteiger partial charge in [0.05, 0.1) is 5.02 Å². The van der Waals surface area contributed by atoms with Gasteiger partial charge in [-0.2, -0.15) is 0 Å². The Morgan fingerprint density at radius 2 is 1.80 bits per heavy atom. The molecule has 0 bridgehead atoms. The summed E-state index contributed by atoms with van der Waals surface area (Å²) < 4.78 is 13.0. The lowest BCUT2D eigenvalue weighted by molar-refractivity contribution is -0.124. The molecule has 2 aliphatic heterocycles. The molecule has 1 saturated carbocycles. The van der Waals surface area contributed by atoms with Gasteiger partial charge >= 0.3 is 0 Å². The van der Waals surface area contributed by atoms with Crippen molar-refractivity contribution in [1.82, 2.24) is 15.2 Å². The third kappa shape index (κ3) is 5.85.